The standard InChI is InChI=1S/C14H29NO/c1-5-15-13(14(2,3)4)10-9-12-8-6-7-11-16-12/h12-13,15H,5-11H2,1-4H3. The van der Waals surface area contributed by atoms with Gasteiger partial charge in [-0.15, -0.1) is 0 Å². The van der Waals surface area contributed by atoms with E-state index in [1.165, 1.54) is 32.1 Å². The molecule has 1 N–H and O–H groups in total. The average molecular weight is 227 g/mol. The minimum atomic E-state index is 0.352. The monoisotopic (exact) mass is 227 g/mol. The Labute approximate surface area is 101 Å². The van der Waals surface area contributed by atoms with Crippen molar-refractivity contribution in [3.05, 3.63) is 0 Å². The highest BCUT2D eigenvalue weighted by Crippen LogP contribution is 2.25. The van der Waals surface area contributed by atoms with Gasteiger partial charge >= 0.3 is 0 Å². The first kappa shape index (κ1) is 14.0. The molecule has 0 spiro atoms. The lowest BCUT2D eigenvalue weighted by Gasteiger charge is -2.33. The van der Waals surface area contributed by atoms with Crippen molar-refractivity contribution < 1.29 is 4.74 Å². The Kier molecular flexibility index (Phi) is 5.77. The lowest BCUT2D eigenvalue weighted by atomic mass is 9.83. The number of hydrogen-bond acceptors (Lipinski definition) is 2. The topological polar surface area (TPSA) is 21.3 Å². The molecule has 1 aliphatic rings. The zero-order valence-electron chi connectivity index (χ0n) is 11.5. The molecule has 2 unspecified atom stereocenters. The third-order valence-corrected chi connectivity index (χ3v) is 3.55. The van der Waals surface area contributed by atoms with Crippen LogP contribution < -0.4 is 5.32 Å². The lowest BCUT2D eigenvalue weighted by Crippen LogP contribution is -2.41. The summed E-state index contributed by atoms with van der Waals surface area (Å²) in [7, 11) is 0. The van der Waals surface area contributed by atoms with E-state index in [4.69, 9.17) is 4.74 Å². The molecule has 1 saturated heterocycles. The fourth-order valence-corrected chi connectivity index (χ4v) is 2.48. The van der Waals surface area contributed by atoms with Gasteiger partial charge < -0.3 is 10.1 Å². The maximum atomic E-state index is 5.79. The first-order valence-corrected chi connectivity index (χ1v) is 6.89. The average Bonchev–Trinajstić information content (AvgIpc) is 2.24. The van der Waals surface area contributed by atoms with Crippen molar-refractivity contribution in [2.75, 3.05) is 13.2 Å². The van der Waals surface area contributed by atoms with Crippen molar-refractivity contribution in [1.29, 1.82) is 0 Å². The highest BCUT2D eigenvalue weighted by Gasteiger charge is 2.25. The first-order valence-electron chi connectivity index (χ1n) is 6.89. The molecule has 0 aliphatic carbocycles. The SMILES string of the molecule is CCNC(CCC1CCCCO1)C(C)(C)C. The van der Waals surface area contributed by atoms with Crippen LogP contribution in [0.1, 0.15) is 59.8 Å². The maximum absolute atomic E-state index is 5.79. The summed E-state index contributed by atoms with van der Waals surface area (Å²) < 4.78 is 5.79. The minimum Gasteiger partial charge on any atom is -0.378 e. The van der Waals surface area contributed by atoms with Crippen LogP contribution in [0.25, 0.3) is 0 Å². The Morgan fingerprint density at radius 3 is 2.56 bits per heavy atom. The van der Waals surface area contributed by atoms with Crippen LogP contribution in [0, 0.1) is 5.41 Å². The van der Waals surface area contributed by atoms with Crippen molar-refractivity contribution in [2.45, 2.75) is 71.9 Å². The number of nitrogens with one attached hydrogen (secondary N) is 1. The third kappa shape index (κ3) is 4.84. The molecule has 96 valence electrons. The smallest absolute Gasteiger partial charge is 0.0575 e. The van der Waals surface area contributed by atoms with Crippen LogP contribution >= 0.6 is 0 Å². The zero-order valence-corrected chi connectivity index (χ0v) is 11.5. The molecule has 0 aromatic carbocycles. The van der Waals surface area contributed by atoms with Crippen molar-refractivity contribution in [2.24, 2.45) is 5.41 Å². The molecule has 1 aliphatic heterocycles. The Bertz CT molecular complexity index is 180. The van der Waals surface area contributed by atoms with Crippen LogP contribution in [0.2, 0.25) is 0 Å². The zero-order chi connectivity index (χ0) is 12.0. The van der Waals surface area contributed by atoms with Crippen LogP contribution in [0.4, 0.5) is 0 Å². The van der Waals surface area contributed by atoms with Crippen LogP contribution in [0.15, 0.2) is 0 Å². The van der Waals surface area contributed by atoms with Gasteiger partial charge in [0.15, 0.2) is 0 Å². The molecular weight excluding hydrogens is 198 g/mol. The molecule has 0 saturated carbocycles. The molecule has 2 nitrogen and oxygen atoms in total. The Hall–Kier alpha value is -0.0800. The molecular formula is C14H29NO. The first-order chi connectivity index (χ1) is 7.54. The van der Waals surface area contributed by atoms with Crippen LogP contribution in [0.3, 0.4) is 0 Å². The van der Waals surface area contributed by atoms with E-state index in [1.807, 2.05) is 0 Å². The van der Waals surface area contributed by atoms with Crippen LogP contribution in [-0.2, 0) is 4.74 Å². The summed E-state index contributed by atoms with van der Waals surface area (Å²) in [5.41, 5.74) is 0.352. The highest BCUT2D eigenvalue weighted by atomic mass is 16.5. The molecule has 0 radical (unpaired) electrons. The van der Waals surface area contributed by atoms with E-state index >= 15 is 0 Å². The Morgan fingerprint density at radius 2 is 2.06 bits per heavy atom. The van der Waals surface area contributed by atoms with E-state index in [2.05, 4.69) is 33.0 Å². The van der Waals surface area contributed by atoms with Gasteiger partial charge in [0.05, 0.1) is 6.10 Å². The quantitative estimate of drug-likeness (QED) is 0.777. The molecule has 0 bridgehead atoms. The summed E-state index contributed by atoms with van der Waals surface area (Å²) in [6.45, 7) is 11.2. The van der Waals surface area contributed by atoms with E-state index in [9.17, 15) is 0 Å². The molecule has 0 amide bonds. The van der Waals surface area contributed by atoms with Gasteiger partial charge in [-0.25, -0.2) is 0 Å². The number of hydrogen-bond donors (Lipinski definition) is 1. The molecule has 1 rings (SSSR count). The molecule has 1 fully saturated rings. The maximum Gasteiger partial charge on any atom is 0.0575 e. The summed E-state index contributed by atoms with van der Waals surface area (Å²) in [5.74, 6) is 0. The van der Waals surface area contributed by atoms with Crippen molar-refractivity contribution >= 4 is 0 Å². The van der Waals surface area contributed by atoms with Crippen molar-refractivity contribution in [3.63, 3.8) is 0 Å². The summed E-state index contributed by atoms with van der Waals surface area (Å²) in [5, 5.41) is 3.61. The number of ether oxygens (including phenoxy) is 1. The second-order valence-electron chi connectivity index (χ2n) is 6.04. The van der Waals surface area contributed by atoms with E-state index in [-0.39, 0.29) is 0 Å². The molecule has 16 heavy (non-hydrogen) atoms. The third-order valence-electron chi connectivity index (χ3n) is 3.55. The minimum absolute atomic E-state index is 0.352. The molecule has 2 heteroatoms. The van der Waals surface area contributed by atoms with Crippen LogP contribution in [-0.4, -0.2) is 25.3 Å². The Balaban J connectivity index is 2.31. The van der Waals surface area contributed by atoms with Gasteiger partial charge in [-0.2, -0.15) is 0 Å². The predicted octanol–water partition coefficient (Wildman–Crippen LogP) is 3.36. The Morgan fingerprint density at radius 1 is 1.31 bits per heavy atom. The molecule has 2 atom stereocenters. The van der Waals surface area contributed by atoms with Gasteiger partial charge in [0.2, 0.25) is 0 Å². The fraction of sp³-hybridized carbons (Fsp3) is 1.00. The molecule has 0 aromatic heterocycles. The van der Waals surface area contributed by atoms with Gasteiger partial charge in [0, 0.05) is 12.6 Å². The van der Waals surface area contributed by atoms with E-state index in [1.54, 1.807) is 0 Å². The van der Waals surface area contributed by atoms with Gasteiger partial charge in [-0.05, 0) is 44.1 Å². The van der Waals surface area contributed by atoms with Gasteiger partial charge in [0.25, 0.3) is 0 Å². The van der Waals surface area contributed by atoms with E-state index < -0.39 is 0 Å². The lowest BCUT2D eigenvalue weighted by molar-refractivity contribution is 0.00637. The van der Waals surface area contributed by atoms with Crippen molar-refractivity contribution in [3.8, 4) is 0 Å². The van der Waals surface area contributed by atoms with E-state index in [0.29, 0.717) is 17.6 Å². The summed E-state index contributed by atoms with van der Waals surface area (Å²) in [6.07, 6.45) is 6.86. The highest BCUT2D eigenvalue weighted by molar-refractivity contribution is 4.81. The largest absolute Gasteiger partial charge is 0.378 e. The summed E-state index contributed by atoms with van der Waals surface area (Å²) in [4.78, 5) is 0. The molecule has 1 heterocycles. The van der Waals surface area contributed by atoms with Gasteiger partial charge in [-0.1, -0.05) is 27.7 Å². The summed E-state index contributed by atoms with van der Waals surface area (Å²) >= 11 is 0. The van der Waals surface area contributed by atoms with Crippen LogP contribution in [0.5, 0.6) is 0 Å². The van der Waals surface area contributed by atoms with Crippen molar-refractivity contribution in [1.82, 2.24) is 5.32 Å². The second-order valence-corrected chi connectivity index (χ2v) is 6.04. The van der Waals surface area contributed by atoms with Gasteiger partial charge in [0.1, 0.15) is 0 Å². The fourth-order valence-electron chi connectivity index (χ4n) is 2.48. The summed E-state index contributed by atoms with van der Waals surface area (Å²) in [6, 6.07) is 0.614. The second kappa shape index (κ2) is 6.61. The normalized spacial score (nSPS) is 24.4. The van der Waals surface area contributed by atoms with Gasteiger partial charge in [-0.3, -0.25) is 0 Å². The predicted molar refractivity (Wildman–Crippen MR) is 69.7 cm³/mol. The van der Waals surface area contributed by atoms with E-state index in [0.717, 1.165) is 13.2 Å². The number of rotatable bonds is 5. The molecule has 0 aromatic rings.